The van der Waals surface area contributed by atoms with Crippen molar-refractivity contribution in [2.24, 2.45) is 5.73 Å². The van der Waals surface area contributed by atoms with Crippen molar-refractivity contribution < 1.29 is 14.4 Å². The van der Waals surface area contributed by atoms with Gasteiger partial charge in [0.15, 0.2) is 0 Å². The third kappa shape index (κ3) is 4.18. The van der Waals surface area contributed by atoms with Gasteiger partial charge in [-0.05, 0) is 31.2 Å². The predicted octanol–water partition coefficient (Wildman–Crippen LogP) is -0.0155. The molecule has 0 saturated heterocycles. The minimum Gasteiger partial charge on any atom is -0.370 e. The van der Waals surface area contributed by atoms with E-state index in [1.54, 1.807) is 4.90 Å². The molecule has 1 aromatic rings. The zero-order valence-electron chi connectivity index (χ0n) is 14.5. The second-order valence-electron chi connectivity index (χ2n) is 6.92. The van der Waals surface area contributed by atoms with Gasteiger partial charge in [-0.3, -0.25) is 19.5 Å². The fraction of sp³-hybridized carbons (Fsp3) is 0.647. The highest BCUT2D eigenvalue weighted by molar-refractivity contribution is 5.87. The Kier molecular flexibility index (Phi) is 5.06. The first kappa shape index (κ1) is 17.4. The van der Waals surface area contributed by atoms with Crippen LogP contribution in [0.1, 0.15) is 55.5 Å². The Hall–Kier alpha value is -2.38. The number of hydrogen-bond acceptors (Lipinski definition) is 4. The normalized spacial score (nSPS) is 18.2. The van der Waals surface area contributed by atoms with Crippen LogP contribution in [0.2, 0.25) is 0 Å². The molecule has 8 heteroatoms. The maximum Gasteiger partial charge on any atom is 0.245 e. The van der Waals surface area contributed by atoms with Crippen molar-refractivity contribution in [2.75, 3.05) is 13.1 Å². The summed E-state index contributed by atoms with van der Waals surface area (Å²) in [5.41, 5.74) is 8.72. The number of nitrogens with two attached hydrogens (primary N) is 1. The quantitative estimate of drug-likeness (QED) is 0.670. The molecule has 3 rings (SSSR count). The molecular formula is C17H25N5O3. The number of amides is 3. The SMILES string of the molecule is CC(=O)N[C@@H](CCC(N)=O)C(=O)N1CCc2[nH]nc(C3CC3)c2CC1. The summed E-state index contributed by atoms with van der Waals surface area (Å²) in [6.45, 7) is 2.54. The average Bonchev–Trinajstić information content (AvgIpc) is 3.35. The summed E-state index contributed by atoms with van der Waals surface area (Å²) in [4.78, 5) is 37.1. The van der Waals surface area contributed by atoms with Crippen molar-refractivity contribution in [1.82, 2.24) is 20.4 Å². The first-order chi connectivity index (χ1) is 12.0. The summed E-state index contributed by atoms with van der Waals surface area (Å²) >= 11 is 0. The molecule has 0 aromatic carbocycles. The molecule has 1 aliphatic heterocycles. The molecule has 25 heavy (non-hydrogen) atoms. The summed E-state index contributed by atoms with van der Waals surface area (Å²) in [5, 5.41) is 10.2. The molecule has 2 aliphatic rings. The lowest BCUT2D eigenvalue weighted by Crippen LogP contribution is -2.49. The largest absolute Gasteiger partial charge is 0.370 e. The van der Waals surface area contributed by atoms with Crippen LogP contribution >= 0.6 is 0 Å². The summed E-state index contributed by atoms with van der Waals surface area (Å²) in [6, 6.07) is -0.706. The lowest BCUT2D eigenvalue weighted by molar-refractivity contribution is -0.136. The Labute approximate surface area is 146 Å². The number of H-pyrrole nitrogens is 1. The fourth-order valence-corrected chi connectivity index (χ4v) is 3.43. The Morgan fingerprint density at radius 3 is 2.68 bits per heavy atom. The van der Waals surface area contributed by atoms with Gasteiger partial charge in [0, 0.05) is 44.5 Å². The number of nitrogens with one attached hydrogen (secondary N) is 2. The van der Waals surface area contributed by atoms with E-state index in [2.05, 4.69) is 15.5 Å². The van der Waals surface area contributed by atoms with Crippen molar-refractivity contribution >= 4 is 17.7 Å². The molecule has 0 radical (unpaired) electrons. The number of aromatic nitrogens is 2. The number of nitrogens with zero attached hydrogens (tertiary/aromatic N) is 2. The van der Waals surface area contributed by atoms with Crippen molar-refractivity contribution in [3.8, 4) is 0 Å². The Morgan fingerprint density at radius 1 is 1.32 bits per heavy atom. The molecule has 0 bridgehead atoms. The highest BCUT2D eigenvalue weighted by Crippen LogP contribution is 2.41. The lowest BCUT2D eigenvalue weighted by atomic mass is 10.1. The molecular weight excluding hydrogens is 322 g/mol. The molecule has 1 atom stereocenters. The van der Waals surface area contributed by atoms with Crippen LogP contribution in [0.5, 0.6) is 0 Å². The van der Waals surface area contributed by atoms with Crippen LogP contribution in [0.3, 0.4) is 0 Å². The first-order valence-electron chi connectivity index (χ1n) is 8.86. The summed E-state index contributed by atoms with van der Waals surface area (Å²) in [6.07, 6.45) is 4.18. The number of primary amides is 1. The predicted molar refractivity (Wildman–Crippen MR) is 90.6 cm³/mol. The van der Waals surface area contributed by atoms with Crippen molar-refractivity contribution in [2.45, 2.75) is 57.4 Å². The minimum absolute atomic E-state index is 0.0688. The number of carbonyl (C=O) groups excluding carboxylic acids is 3. The molecule has 8 nitrogen and oxygen atoms in total. The summed E-state index contributed by atoms with van der Waals surface area (Å²) in [7, 11) is 0. The van der Waals surface area contributed by atoms with Gasteiger partial charge in [-0.1, -0.05) is 0 Å². The monoisotopic (exact) mass is 347 g/mol. The minimum atomic E-state index is -0.706. The second kappa shape index (κ2) is 7.25. The van der Waals surface area contributed by atoms with E-state index >= 15 is 0 Å². The van der Waals surface area contributed by atoms with Crippen LogP contribution in [0.4, 0.5) is 0 Å². The van der Waals surface area contributed by atoms with Gasteiger partial charge in [0.05, 0.1) is 5.69 Å². The standard InChI is InChI=1S/C17H25N5O3/c1-10(23)19-14(4-5-15(18)24)17(25)22-8-6-12-13(7-9-22)20-21-16(12)11-2-3-11/h11,14H,2-9H2,1H3,(H2,18,24)(H,19,23)(H,20,21)/t14-/m0/s1. The van der Waals surface area contributed by atoms with Gasteiger partial charge in [0.25, 0.3) is 0 Å². The Balaban J connectivity index is 1.66. The van der Waals surface area contributed by atoms with Gasteiger partial charge < -0.3 is 16.0 Å². The smallest absolute Gasteiger partial charge is 0.245 e. The maximum absolute atomic E-state index is 12.8. The highest BCUT2D eigenvalue weighted by atomic mass is 16.2. The van der Waals surface area contributed by atoms with E-state index in [0.29, 0.717) is 19.0 Å². The molecule has 1 aliphatic carbocycles. The van der Waals surface area contributed by atoms with Gasteiger partial charge >= 0.3 is 0 Å². The van der Waals surface area contributed by atoms with Crippen LogP contribution in [0.15, 0.2) is 0 Å². The lowest BCUT2D eigenvalue weighted by Gasteiger charge is -2.26. The van der Waals surface area contributed by atoms with E-state index in [4.69, 9.17) is 5.73 Å². The number of aromatic amines is 1. The van der Waals surface area contributed by atoms with Crippen LogP contribution in [0, 0.1) is 0 Å². The molecule has 2 heterocycles. The number of fused-ring (bicyclic) bond motifs is 1. The number of carbonyl (C=O) groups is 3. The van der Waals surface area contributed by atoms with Crippen molar-refractivity contribution in [1.29, 1.82) is 0 Å². The summed E-state index contributed by atoms with van der Waals surface area (Å²) in [5.74, 6) is -0.343. The molecule has 1 fully saturated rings. The Morgan fingerprint density at radius 2 is 2.04 bits per heavy atom. The highest BCUT2D eigenvalue weighted by Gasteiger charge is 2.33. The van der Waals surface area contributed by atoms with E-state index in [1.165, 1.54) is 25.3 Å². The molecule has 3 amide bonds. The number of hydrogen-bond donors (Lipinski definition) is 3. The third-order valence-corrected chi connectivity index (χ3v) is 4.88. The van der Waals surface area contributed by atoms with E-state index < -0.39 is 11.9 Å². The molecule has 136 valence electrons. The van der Waals surface area contributed by atoms with Gasteiger partial charge in [0.2, 0.25) is 17.7 Å². The van der Waals surface area contributed by atoms with E-state index in [-0.39, 0.29) is 24.7 Å². The molecule has 1 saturated carbocycles. The molecule has 0 unspecified atom stereocenters. The van der Waals surface area contributed by atoms with E-state index in [1.807, 2.05) is 0 Å². The molecule has 4 N–H and O–H groups in total. The maximum atomic E-state index is 12.8. The Bertz CT molecular complexity index is 680. The van der Waals surface area contributed by atoms with Gasteiger partial charge in [-0.15, -0.1) is 0 Å². The van der Waals surface area contributed by atoms with Crippen LogP contribution in [-0.2, 0) is 27.2 Å². The molecule has 1 aromatic heterocycles. The zero-order valence-corrected chi connectivity index (χ0v) is 14.5. The zero-order chi connectivity index (χ0) is 18.0. The van der Waals surface area contributed by atoms with Crippen LogP contribution in [-0.4, -0.2) is 52.0 Å². The van der Waals surface area contributed by atoms with E-state index in [0.717, 1.165) is 24.2 Å². The molecule has 0 spiro atoms. The van der Waals surface area contributed by atoms with Gasteiger partial charge in [0.1, 0.15) is 6.04 Å². The van der Waals surface area contributed by atoms with Crippen LogP contribution in [0.25, 0.3) is 0 Å². The number of rotatable bonds is 6. The topological polar surface area (TPSA) is 121 Å². The van der Waals surface area contributed by atoms with Gasteiger partial charge in [-0.25, -0.2) is 0 Å². The first-order valence-corrected chi connectivity index (χ1v) is 8.86. The fourth-order valence-electron chi connectivity index (χ4n) is 3.43. The third-order valence-electron chi connectivity index (χ3n) is 4.88. The van der Waals surface area contributed by atoms with Crippen molar-refractivity contribution in [3.63, 3.8) is 0 Å². The van der Waals surface area contributed by atoms with E-state index in [9.17, 15) is 14.4 Å². The summed E-state index contributed by atoms with van der Waals surface area (Å²) < 4.78 is 0. The van der Waals surface area contributed by atoms with Gasteiger partial charge in [-0.2, -0.15) is 5.10 Å². The average molecular weight is 347 g/mol. The van der Waals surface area contributed by atoms with Crippen molar-refractivity contribution in [3.05, 3.63) is 17.0 Å². The van der Waals surface area contributed by atoms with Crippen LogP contribution < -0.4 is 11.1 Å². The second-order valence-corrected chi connectivity index (χ2v) is 6.92.